The van der Waals surface area contributed by atoms with Gasteiger partial charge in [0.15, 0.2) is 0 Å². The summed E-state index contributed by atoms with van der Waals surface area (Å²) < 4.78 is 10.8. The lowest BCUT2D eigenvalue weighted by atomic mass is 10.1. The molecule has 0 saturated heterocycles. The van der Waals surface area contributed by atoms with Gasteiger partial charge in [0, 0.05) is 13.7 Å². The topological polar surface area (TPSA) is 30.5 Å². The average Bonchev–Trinajstić information content (AvgIpc) is 2.00. The molecular weight excluding hydrogens is 166 g/mol. The highest BCUT2D eigenvalue weighted by atomic mass is 16.5. The van der Waals surface area contributed by atoms with Crippen LogP contribution in [0.1, 0.15) is 27.7 Å². The van der Waals surface area contributed by atoms with Crippen LogP contribution in [-0.4, -0.2) is 38.5 Å². The van der Waals surface area contributed by atoms with Crippen molar-refractivity contribution in [2.75, 3.05) is 26.8 Å². The summed E-state index contributed by atoms with van der Waals surface area (Å²) in [6.45, 7) is 10.8. The second-order valence-electron chi connectivity index (χ2n) is 3.92. The minimum Gasteiger partial charge on any atom is -0.382 e. The third kappa shape index (κ3) is 6.99. The van der Waals surface area contributed by atoms with Crippen LogP contribution in [0.4, 0.5) is 0 Å². The van der Waals surface area contributed by atoms with Crippen LogP contribution >= 0.6 is 0 Å². The van der Waals surface area contributed by atoms with Crippen LogP contribution in [-0.2, 0) is 9.47 Å². The summed E-state index contributed by atoms with van der Waals surface area (Å²) in [6, 6.07) is 0. The third-order valence-corrected chi connectivity index (χ3v) is 1.72. The predicted molar refractivity (Wildman–Crippen MR) is 55.0 cm³/mol. The first-order valence-electron chi connectivity index (χ1n) is 4.89. The second kappa shape index (κ2) is 6.35. The van der Waals surface area contributed by atoms with Gasteiger partial charge in [-0.3, -0.25) is 0 Å². The van der Waals surface area contributed by atoms with Crippen LogP contribution in [0.5, 0.6) is 0 Å². The monoisotopic (exact) mass is 189 g/mol. The number of nitrogens with one attached hydrogen (secondary N) is 1. The molecule has 3 heteroatoms. The van der Waals surface area contributed by atoms with Gasteiger partial charge in [-0.05, 0) is 27.3 Å². The molecule has 1 unspecified atom stereocenters. The lowest BCUT2D eigenvalue weighted by Gasteiger charge is -2.29. The molecule has 0 aromatic rings. The maximum atomic E-state index is 5.79. The van der Waals surface area contributed by atoms with Crippen molar-refractivity contribution in [2.45, 2.75) is 39.4 Å². The standard InChI is InChI=1S/C10H23NO2/c1-6-11-8-10(3,4)13-9(2)7-12-5/h9,11H,6-8H2,1-5H3. The Labute approximate surface area is 81.8 Å². The minimum atomic E-state index is -0.117. The highest BCUT2D eigenvalue weighted by Crippen LogP contribution is 2.11. The van der Waals surface area contributed by atoms with Gasteiger partial charge < -0.3 is 14.8 Å². The SMILES string of the molecule is CCNCC(C)(C)OC(C)COC. The highest BCUT2D eigenvalue weighted by Gasteiger charge is 2.20. The van der Waals surface area contributed by atoms with Gasteiger partial charge in [-0.1, -0.05) is 6.92 Å². The van der Waals surface area contributed by atoms with Gasteiger partial charge in [-0.2, -0.15) is 0 Å². The summed E-state index contributed by atoms with van der Waals surface area (Å²) >= 11 is 0. The second-order valence-corrected chi connectivity index (χ2v) is 3.92. The fraction of sp³-hybridized carbons (Fsp3) is 1.00. The molecule has 0 fully saturated rings. The quantitative estimate of drug-likeness (QED) is 0.657. The summed E-state index contributed by atoms with van der Waals surface area (Å²) in [6.07, 6.45) is 0.152. The Hall–Kier alpha value is -0.120. The van der Waals surface area contributed by atoms with E-state index in [-0.39, 0.29) is 11.7 Å². The summed E-state index contributed by atoms with van der Waals surface area (Å²) in [5.41, 5.74) is -0.117. The van der Waals surface area contributed by atoms with Crippen molar-refractivity contribution < 1.29 is 9.47 Å². The van der Waals surface area contributed by atoms with Crippen molar-refractivity contribution in [3.63, 3.8) is 0 Å². The Kier molecular flexibility index (Phi) is 6.29. The van der Waals surface area contributed by atoms with Gasteiger partial charge in [0.25, 0.3) is 0 Å². The van der Waals surface area contributed by atoms with Gasteiger partial charge in [-0.15, -0.1) is 0 Å². The van der Waals surface area contributed by atoms with E-state index in [2.05, 4.69) is 26.1 Å². The van der Waals surface area contributed by atoms with E-state index in [0.29, 0.717) is 6.61 Å². The fourth-order valence-electron chi connectivity index (χ4n) is 1.28. The van der Waals surface area contributed by atoms with Crippen LogP contribution in [0.2, 0.25) is 0 Å². The predicted octanol–water partition coefficient (Wildman–Crippen LogP) is 1.43. The first-order chi connectivity index (χ1) is 6.02. The van der Waals surface area contributed by atoms with E-state index < -0.39 is 0 Å². The normalized spacial score (nSPS) is 14.5. The molecule has 0 aromatic carbocycles. The van der Waals surface area contributed by atoms with Gasteiger partial charge in [0.2, 0.25) is 0 Å². The number of rotatable bonds is 7. The zero-order valence-electron chi connectivity index (χ0n) is 9.52. The van der Waals surface area contributed by atoms with Gasteiger partial charge in [0.1, 0.15) is 0 Å². The van der Waals surface area contributed by atoms with E-state index in [4.69, 9.17) is 9.47 Å². The summed E-state index contributed by atoms with van der Waals surface area (Å²) in [4.78, 5) is 0. The number of likely N-dealkylation sites (N-methyl/N-ethyl adjacent to an activating group) is 1. The zero-order valence-corrected chi connectivity index (χ0v) is 9.52. The molecule has 3 nitrogen and oxygen atoms in total. The summed E-state index contributed by atoms with van der Waals surface area (Å²) in [7, 11) is 1.69. The molecule has 0 aliphatic carbocycles. The van der Waals surface area contributed by atoms with E-state index in [1.54, 1.807) is 7.11 Å². The van der Waals surface area contributed by atoms with Crippen LogP contribution < -0.4 is 5.32 Å². The van der Waals surface area contributed by atoms with Crippen molar-refractivity contribution >= 4 is 0 Å². The zero-order chi connectivity index (χ0) is 10.3. The molecule has 0 aliphatic rings. The van der Waals surface area contributed by atoms with Crippen LogP contribution in [0, 0.1) is 0 Å². The number of ether oxygens (including phenoxy) is 2. The molecule has 13 heavy (non-hydrogen) atoms. The molecular formula is C10H23NO2. The molecule has 0 radical (unpaired) electrons. The van der Waals surface area contributed by atoms with Crippen LogP contribution in [0.25, 0.3) is 0 Å². The van der Waals surface area contributed by atoms with Crippen molar-refractivity contribution in [3.05, 3.63) is 0 Å². The smallest absolute Gasteiger partial charge is 0.0788 e. The lowest BCUT2D eigenvalue weighted by Crippen LogP contribution is -2.40. The van der Waals surface area contributed by atoms with E-state index in [9.17, 15) is 0 Å². The average molecular weight is 189 g/mol. The van der Waals surface area contributed by atoms with E-state index in [0.717, 1.165) is 13.1 Å². The summed E-state index contributed by atoms with van der Waals surface area (Å²) in [5, 5.41) is 3.27. The minimum absolute atomic E-state index is 0.117. The molecule has 1 N–H and O–H groups in total. The maximum absolute atomic E-state index is 5.79. The fourth-order valence-corrected chi connectivity index (χ4v) is 1.28. The maximum Gasteiger partial charge on any atom is 0.0788 e. The Morgan fingerprint density at radius 1 is 1.38 bits per heavy atom. The highest BCUT2D eigenvalue weighted by molar-refractivity contribution is 4.73. The molecule has 0 saturated carbocycles. The van der Waals surface area contributed by atoms with Gasteiger partial charge >= 0.3 is 0 Å². The molecule has 0 heterocycles. The number of methoxy groups -OCH3 is 1. The van der Waals surface area contributed by atoms with Gasteiger partial charge in [-0.25, -0.2) is 0 Å². The first kappa shape index (κ1) is 12.9. The van der Waals surface area contributed by atoms with E-state index in [1.807, 2.05) is 6.92 Å². The summed E-state index contributed by atoms with van der Waals surface area (Å²) in [5.74, 6) is 0. The van der Waals surface area contributed by atoms with Gasteiger partial charge in [0.05, 0.1) is 18.3 Å². The third-order valence-electron chi connectivity index (χ3n) is 1.72. The largest absolute Gasteiger partial charge is 0.382 e. The Balaban J connectivity index is 3.71. The van der Waals surface area contributed by atoms with E-state index >= 15 is 0 Å². The molecule has 80 valence electrons. The van der Waals surface area contributed by atoms with Crippen molar-refractivity contribution in [1.29, 1.82) is 0 Å². The van der Waals surface area contributed by atoms with Crippen molar-refractivity contribution in [1.82, 2.24) is 5.32 Å². The van der Waals surface area contributed by atoms with Crippen molar-refractivity contribution in [2.24, 2.45) is 0 Å². The molecule has 0 rings (SSSR count). The lowest BCUT2D eigenvalue weighted by molar-refractivity contribution is -0.0857. The molecule has 1 atom stereocenters. The Morgan fingerprint density at radius 3 is 2.46 bits per heavy atom. The first-order valence-corrected chi connectivity index (χ1v) is 4.89. The molecule has 0 aromatic heterocycles. The molecule has 0 spiro atoms. The Morgan fingerprint density at radius 2 is 2.00 bits per heavy atom. The molecule has 0 bridgehead atoms. The molecule has 0 amide bonds. The van der Waals surface area contributed by atoms with Crippen LogP contribution in [0.15, 0.2) is 0 Å². The number of hydrogen-bond donors (Lipinski definition) is 1. The molecule has 0 aliphatic heterocycles. The van der Waals surface area contributed by atoms with Crippen LogP contribution in [0.3, 0.4) is 0 Å². The Bertz CT molecular complexity index is 126. The number of hydrogen-bond acceptors (Lipinski definition) is 3. The van der Waals surface area contributed by atoms with E-state index in [1.165, 1.54) is 0 Å². The van der Waals surface area contributed by atoms with Crippen molar-refractivity contribution in [3.8, 4) is 0 Å².